The molecule has 0 aliphatic carbocycles. The summed E-state index contributed by atoms with van der Waals surface area (Å²) >= 11 is 0. The van der Waals surface area contributed by atoms with E-state index in [1.54, 1.807) is 32.6 Å². The number of carbonyl (C=O) groups excluding carboxylic acids is 1. The van der Waals surface area contributed by atoms with Gasteiger partial charge in [0.15, 0.2) is 11.5 Å². The van der Waals surface area contributed by atoms with Gasteiger partial charge in [0.05, 0.1) is 20.3 Å². The third-order valence-corrected chi connectivity index (χ3v) is 7.55. The van der Waals surface area contributed by atoms with Gasteiger partial charge in [0.25, 0.3) is 5.91 Å². The molecule has 0 radical (unpaired) electrons. The highest BCUT2D eigenvalue weighted by Crippen LogP contribution is 2.31. The van der Waals surface area contributed by atoms with Crippen LogP contribution < -0.4 is 19.7 Å². The minimum absolute atomic E-state index is 0.000147. The molecule has 1 atom stereocenters. The Morgan fingerprint density at radius 2 is 1.78 bits per heavy atom. The van der Waals surface area contributed by atoms with Crippen LogP contribution in [0.3, 0.4) is 0 Å². The Labute approximate surface area is 240 Å². The number of likely N-dealkylation sites (N-methyl/N-ethyl adjacent to an activating group) is 1. The van der Waals surface area contributed by atoms with Crippen molar-refractivity contribution in [3.05, 3.63) is 77.6 Å². The highest BCUT2D eigenvalue weighted by Gasteiger charge is 2.18. The second-order valence-corrected chi connectivity index (χ2v) is 10.2. The van der Waals surface area contributed by atoms with Gasteiger partial charge in [-0.25, -0.2) is 4.98 Å². The summed E-state index contributed by atoms with van der Waals surface area (Å²) in [5.41, 5.74) is 5.46. The van der Waals surface area contributed by atoms with E-state index >= 15 is 0 Å². The monoisotopic (exact) mass is 550 g/mol. The minimum atomic E-state index is -0.465. The zero-order chi connectivity index (χ0) is 28.9. The van der Waals surface area contributed by atoms with E-state index in [0.717, 1.165) is 48.3 Å². The summed E-state index contributed by atoms with van der Waals surface area (Å²) in [5, 5.41) is 13.6. The molecule has 9 nitrogen and oxygen atoms in total. The number of fused-ring (bicyclic) bond motifs is 1. The Balaban J connectivity index is 1.35. The maximum Gasteiger partial charge on any atom is 0.262 e. The van der Waals surface area contributed by atoms with Gasteiger partial charge in [0.2, 0.25) is 0 Å². The number of aromatic nitrogens is 2. The van der Waals surface area contributed by atoms with Crippen LogP contribution in [-0.2, 0) is 4.79 Å². The number of H-pyrrole nitrogens is 1. The molecule has 1 fully saturated rings. The Bertz CT molecular complexity index is 1610. The van der Waals surface area contributed by atoms with Crippen LogP contribution in [0.2, 0.25) is 0 Å². The first-order valence-electron chi connectivity index (χ1n) is 13.6. The Morgan fingerprint density at radius 3 is 2.46 bits per heavy atom. The molecule has 9 heteroatoms. The first kappa shape index (κ1) is 27.7. The zero-order valence-corrected chi connectivity index (χ0v) is 23.8. The first-order chi connectivity index (χ1) is 19.9. The number of pyridine rings is 1. The predicted octanol–water partition coefficient (Wildman–Crippen LogP) is 4.78. The fourth-order valence-corrected chi connectivity index (χ4v) is 5.01. The molecule has 4 aromatic rings. The van der Waals surface area contributed by atoms with Gasteiger partial charge in [0, 0.05) is 60.8 Å². The Kier molecular flexibility index (Phi) is 8.22. The molecule has 1 unspecified atom stereocenters. The van der Waals surface area contributed by atoms with Crippen LogP contribution in [0.5, 0.6) is 11.5 Å². The predicted molar refractivity (Wildman–Crippen MR) is 161 cm³/mol. The van der Waals surface area contributed by atoms with Crippen molar-refractivity contribution in [3.63, 3.8) is 0 Å². The average Bonchev–Trinajstić information content (AvgIpc) is 3.41. The smallest absolute Gasteiger partial charge is 0.262 e. The van der Waals surface area contributed by atoms with Crippen LogP contribution in [0, 0.1) is 11.3 Å². The van der Waals surface area contributed by atoms with Crippen LogP contribution in [0.15, 0.2) is 66.5 Å². The lowest BCUT2D eigenvalue weighted by Gasteiger charge is -2.34. The molecule has 0 spiro atoms. The normalized spacial score (nSPS) is 14.9. The highest BCUT2D eigenvalue weighted by molar-refractivity contribution is 6.04. The molecule has 2 aromatic carbocycles. The lowest BCUT2D eigenvalue weighted by molar-refractivity contribution is -0.117. The number of ether oxygens (including phenoxy) is 2. The summed E-state index contributed by atoms with van der Waals surface area (Å²) in [6.45, 7) is 6.01. The van der Waals surface area contributed by atoms with Crippen LogP contribution in [-0.4, -0.2) is 68.2 Å². The van der Waals surface area contributed by atoms with E-state index in [9.17, 15) is 10.1 Å². The van der Waals surface area contributed by atoms with Crippen molar-refractivity contribution < 1.29 is 14.3 Å². The van der Waals surface area contributed by atoms with Gasteiger partial charge in [0.1, 0.15) is 17.3 Å². The number of amides is 1. The molecular formula is C32H34N6O3. The van der Waals surface area contributed by atoms with Gasteiger partial charge < -0.3 is 29.6 Å². The average molecular weight is 551 g/mol. The third kappa shape index (κ3) is 6.03. The summed E-state index contributed by atoms with van der Waals surface area (Å²) in [4.78, 5) is 25.6. The largest absolute Gasteiger partial charge is 0.493 e. The Hall–Kier alpha value is -4.81. The highest BCUT2D eigenvalue weighted by atomic mass is 16.5. The van der Waals surface area contributed by atoms with Gasteiger partial charge in [-0.05, 0) is 61.5 Å². The molecule has 0 saturated carbocycles. The van der Waals surface area contributed by atoms with E-state index in [1.165, 1.54) is 5.69 Å². The molecule has 3 heterocycles. The zero-order valence-electron chi connectivity index (χ0n) is 23.8. The standard InChI is InChI=1S/C32H34N6O3/c1-21(23-7-10-29(40-3)30(17-23)41-4)36-32(39)24(18-33)15-26-20-35-31-28(26)16-25(19-34-31)22-5-8-27(9-6-22)38-13-11-37(2)12-14-38/h5-10,15-17,19-21H,11-14H2,1-4H3,(H,34,35)(H,36,39). The van der Waals surface area contributed by atoms with Crippen molar-refractivity contribution in [3.8, 4) is 28.7 Å². The summed E-state index contributed by atoms with van der Waals surface area (Å²) in [6.07, 6.45) is 5.19. The van der Waals surface area contributed by atoms with E-state index in [-0.39, 0.29) is 11.6 Å². The number of anilines is 1. The van der Waals surface area contributed by atoms with Gasteiger partial charge >= 0.3 is 0 Å². The van der Waals surface area contributed by atoms with Crippen molar-refractivity contribution in [2.24, 2.45) is 0 Å². The van der Waals surface area contributed by atoms with E-state index < -0.39 is 5.91 Å². The minimum Gasteiger partial charge on any atom is -0.493 e. The second-order valence-electron chi connectivity index (χ2n) is 10.2. The SMILES string of the molecule is COc1ccc(C(C)NC(=O)C(C#N)=Cc2c[nH]c3ncc(-c4ccc(N5CCN(C)CC5)cc4)cc23)cc1OC. The topological polar surface area (TPSA) is 107 Å². The van der Waals surface area contributed by atoms with Crippen molar-refractivity contribution in [2.45, 2.75) is 13.0 Å². The number of benzene rings is 2. The molecule has 210 valence electrons. The summed E-state index contributed by atoms with van der Waals surface area (Å²) in [6, 6.07) is 17.7. The number of carbonyl (C=O) groups is 1. The molecule has 1 aliphatic rings. The number of aromatic amines is 1. The molecule has 1 aliphatic heterocycles. The van der Waals surface area contributed by atoms with Crippen molar-refractivity contribution in [1.82, 2.24) is 20.2 Å². The number of methoxy groups -OCH3 is 2. The van der Waals surface area contributed by atoms with Crippen LogP contribution in [0.4, 0.5) is 5.69 Å². The summed E-state index contributed by atoms with van der Waals surface area (Å²) < 4.78 is 10.7. The number of nitrogens with zero attached hydrogens (tertiary/aromatic N) is 4. The van der Waals surface area contributed by atoms with E-state index in [2.05, 4.69) is 62.5 Å². The van der Waals surface area contributed by atoms with Crippen molar-refractivity contribution in [1.29, 1.82) is 5.26 Å². The lowest BCUT2D eigenvalue weighted by atomic mass is 10.0. The molecule has 2 aromatic heterocycles. The maximum absolute atomic E-state index is 13.1. The number of hydrogen-bond acceptors (Lipinski definition) is 7. The summed E-state index contributed by atoms with van der Waals surface area (Å²) in [7, 11) is 5.29. The van der Waals surface area contributed by atoms with Gasteiger partial charge in [-0.2, -0.15) is 5.26 Å². The maximum atomic E-state index is 13.1. The number of nitrogens with one attached hydrogen (secondary N) is 2. The Morgan fingerprint density at radius 1 is 1.05 bits per heavy atom. The fourth-order valence-electron chi connectivity index (χ4n) is 5.01. The van der Waals surface area contributed by atoms with Crippen LogP contribution in [0.1, 0.15) is 24.1 Å². The number of rotatable bonds is 8. The van der Waals surface area contributed by atoms with Crippen LogP contribution in [0.25, 0.3) is 28.2 Å². The summed E-state index contributed by atoms with van der Waals surface area (Å²) in [5.74, 6) is 0.705. The van der Waals surface area contributed by atoms with Gasteiger partial charge in [-0.3, -0.25) is 4.79 Å². The van der Waals surface area contributed by atoms with Crippen molar-refractivity contribution in [2.75, 3.05) is 52.3 Å². The molecule has 1 amide bonds. The lowest BCUT2D eigenvalue weighted by Crippen LogP contribution is -2.44. The van der Waals surface area contributed by atoms with Gasteiger partial charge in [-0.15, -0.1) is 0 Å². The third-order valence-electron chi connectivity index (χ3n) is 7.55. The van der Waals surface area contributed by atoms with Crippen molar-refractivity contribution >= 4 is 28.7 Å². The van der Waals surface area contributed by atoms with E-state index in [4.69, 9.17) is 9.47 Å². The quantitative estimate of drug-likeness (QED) is 0.240. The van der Waals surface area contributed by atoms with Crippen LogP contribution >= 0.6 is 0 Å². The second kappa shape index (κ2) is 12.1. The molecular weight excluding hydrogens is 516 g/mol. The van der Waals surface area contributed by atoms with E-state index in [0.29, 0.717) is 22.7 Å². The molecule has 5 rings (SSSR count). The molecule has 41 heavy (non-hydrogen) atoms. The fraction of sp³-hybridized carbons (Fsp3) is 0.281. The number of nitriles is 1. The van der Waals surface area contributed by atoms with Gasteiger partial charge in [-0.1, -0.05) is 18.2 Å². The number of piperazine rings is 1. The molecule has 1 saturated heterocycles. The molecule has 2 N–H and O–H groups in total. The number of hydrogen-bond donors (Lipinski definition) is 2. The van der Waals surface area contributed by atoms with E-state index in [1.807, 2.05) is 31.3 Å². The first-order valence-corrected chi connectivity index (χ1v) is 13.6. The molecule has 0 bridgehead atoms.